The van der Waals surface area contributed by atoms with Crippen molar-refractivity contribution in [3.63, 3.8) is 0 Å². The topological polar surface area (TPSA) is 59.8 Å². The van der Waals surface area contributed by atoms with Crippen LogP contribution >= 0.6 is 35.0 Å². The van der Waals surface area contributed by atoms with Crippen molar-refractivity contribution in [3.8, 4) is 0 Å². The molecule has 0 aliphatic heterocycles. The Morgan fingerprint density at radius 3 is 2.63 bits per heavy atom. The number of carbonyl (C=O) groups is 1. The summed E-state index contributed by atoms with van der Waals surface area (Å²) in [6.07, 6.45) is 0. The van der Waals surface area contributed by atoms with Gasteiger partial charge in [-0.15, -0.1) is 10.2 Å². The van der Waals surface area contributed by atoms with Crippen LogP contribution in [0.5, 0.6) is 0 Å². The number of thioether (sulfide) groups is 1. The summed E-state index contributed by atoms with van der Waals surface area (Å²) in [4.78, 5) is 12.5. The van der Waals surface area contributed by atoms with E-state index in [1.807, 2.05) is 48.7 Å². The molecule has 0 bridgehead atoms. The summed E-state index contributed by atoms with van der Waals surface area (Å²) in [6, 6.07) is 15.0. The van der Waals surface area contributed by atoms with Gasteiger partial charge in [0.25, 0.3) is 0 Å². The molecule has 1 atom stereocenters. The van der Waals surface area contributed by atoms with E-state index in [1.54, 1.807) is 18.2 Å². The van der Waals surface area contributed by atoms with Gasteiger partial charge in [-0.25, -0.2) is 0 Å². The van der Waals surface area contributed by atoms with Crippen LogP contribution in [0, 0.1) is 6.92 Å². The molecule has 1 aromatic heterocycles. The van der Waals surface area contributed by atoms with Crippen molar-refractivity contribution in [2.45, 2.75) is 30.8 Å². The number of hydrogen-bond donors (Lipinski definition) is 1. The molecule has 5 nitrogen and oxygen atoms in total. The number of anilines is 1. The minimum atomic E-state index is -0.380. The number of nitrogens with zero attached hydrogens (tertiary/aromatic N) is 3. The Labute approximate surface area is 172 Å². The fourth-order valence-electron chi connectivity index (χ4n) is 2.43. The summed E-state index contributed by atoms with van der Waals surface area (Å²) in [7, 11) is 0. The van der Waals surface area contributed by atoms with Gasteiger partial charge in [0.15, 0.2) is 5.16 Å². The minimum Gasteiger partial charge on any atom is -0.324 e. The second-order valence-corrected chi connectivity index (χ2v) is 8.13. The lowest BCUT2D eigenvalue weighted by Gasteiger charge is -2.14. The van der Waals surface area contributed by atoms with E-state index in [2.05, 4.69) is 15.5 Å². The number of hydrogen-bond acceptors (Lipinski definition) is 4. The Morgan fingerprint density at radius 2 is 1.93 bits per heavy atom. The van der Waals surface area contributed by atoms with Crippen LogP contribution in [0.3, 0.4) is 0 Å². The fourth-order valence-corrected chi connectivity index (χ4v) is 3.78. The predicted molar refractivity (Wildman–Crippen MR) is 111 cm³/mol. The highest BCUT2D eigenvalue weighted by atomic mass is 35.5. The molecule has 3 rings (SSSR count). The van der Waals surface area contributed by atoms with E-state index < -0.39 is 0 Å². The molecule has 8 heteroatoms. The summed E-state index contributed by atoms with van der Waals surface area (Å²) in [5, 5.41) is 12.4. The second-order valence-electron chi connectivity index (χ2n) is 5.98. The van der Waals surface area contributed by atoms with Crippen LogP contribution in [0.25, 0.3) is 0 Å². The van der Waals surface area contributed by atoms with E-state index >= 15 is 0 Å². The van der Waals surface area contributed by atoms with Gasteiger partial charge in [-0.1, -0.05) is 65.3 Å². The maximum Gasteiger partial charge on any atom is 0.237 e. The van der Waals surface area contributed by atoms with Crippen LogP contribution in [0.2, 0.25) is 10.0 Å². The highest BCUT2D eigenvalue weighted by Crippen LogP contribution is 2.28. The predicted octanol–water partition coefficient (Wildman–Crippen LogP) is 5.06. The third-order valence-electron chi connectivity index (χ3n) is 3.93. The zero-order chi connectivity index (χ0) is 19.4. The molecule has 1 amide bonds. The van der Waals surface area contributed by atoms with Gasteiger partial charge in [0.1, 0.15) is 5.82 Å². The van der Waals surface area contributed by atoms with Gasteiger partial charge >= 0.3 is 0 Å². The zero-order valence-electron chi connectivity index (χ0n) is 14.8. The van der Waals surface area contributed by atoms with E-state index in [-0.39, 0.29) is 11.2 Å². The Kier molecular flexibility index (Phi) is 6.42. The van der Waals surface area contributed by atoms with Gasteiger partial charge in [0.2, 0.25) is 5.91 Å². The molecule has 2 aromatic carbocycles. The zero-order valence-corrected chi connectivity index (χ0v) is 17.1. The first-order chi connectivity index (χ1) is 12.9. The van der Waals surface area contributed by atoms with Gasteiger partial charge in [-0.05, 0) is 37.6 Å². The van der Waals surface area contributed by atoms with Crippen LogP contribution in [-0.4, -0.2) is 25.9 Å². The molecule has 0 aliphatic rings. The molecule has 1 heterocycles. The summed E-state index contributed by atoms with van der Waals surface area (Å²) < 4.78 is 2.00. The van der Waals surface area contributed by atoms with E-state index in [0.717, 1.165) is 11.4 Å². The lowest BCUT2D eigenvalue weighted by atomic mass is 10.2. The number of rotatable bonds is 6. The average Bonchev–Trinajstić information content (AvgIpc) is 2.98. The quantitative estimate of drug-likeness (QED) is 0.565. The molecule has 3 aromatic rings. The molecule has 27 heavy (non-hydrogen) atoms. The summed E-state index contributed by atoms with van der Waals surface area (Å²) in [5.41, 5.74) is 1.67. The molecular formula is C19H18Cl2N4OS. The molecule has 1 unspecified atom stereocenters. The van der Waals surface area contributed by atoms with E-state index in [0.29, 0.717) is 27.4 Å². The molecule has 140 valence electrons. The molecule has 1 N–H and O–H groups in total. The SMILES string of the molecule is Cc1nnc(SC(C)C(=O)Nc2ccc(Cl)cc2Cl)n1Cc1ccccc1. The number of aryl methyl sites for hydroxylation is 1. The summed E-state index contributed by atoms with van der Waals surface area (Å²) in [6.45, 7) is 4.37. The third-order valence-corrected chi connectivity index (χ3v) is 5.55. The van der Waals surface area contributed by atoms with Crippen LogP contribution in [-0.2, 0) is 11.3 Å². The van der Waals surface area contributed by atoms with Crippen molar-refractivity contribution in [1.29, 1.82) is 0 Å². The molecular weight excluding hydrogens is 403 g/mol. The van der Waals surface area contributed by atoms with Crippen LogP contribution < -0.4 is 5.32 Å². The number of benzene rings is 2. The maximum atomic E-state index is 12.5. The number of aromatic nitrogens is 3. The summed E-state index contributed by atoms with van der Waals surface area (Å²) >= 11 is 13.4. The van der Waals surface area contributed by atoms with Gasteiger partial charge in [-0.2, -0.15) is 0 Å². The lowest BCUT2D eigenvalue weighted by Crippen LogP contribution is -2.23. The van der Waals surface area contributed by atoms with Gasteiger partial charge in [0.05, 0.1) is 22.5 Å². The largest absolute Gasteiger partial charge is 0.324 e. The Morgan fingerprint density at radius 1 is 1.19 bits per heavy atom. The van der Waals surface area contributed by atoms with Crippen molar-refractivity contribution in [1.82, 2.24) is 14.8 Å². The Balaban J connectivity index is 1.70. The van der Waals surface area contributed by atoms with Gasteiger partial charge in [0, 0.05) is 5.02 Å². The van der Waals surface area contributed by atoms with Crippen LogP contribution in [0.1, 0.15) is 18.3 Å². The average molecular weight is 421 g/mol. The number of nitrogens with one attached hydrogen (secondary N) is 1. The molecule has 0 fully saturated rings. The smallest absolute Gasteiger partial charge is 0.237 e. The molecule has 0 saturated carbocycles. The van der Waals surface area contributed by atoms with Crippen molar-refractivity contribution >= 4 is 46.6 Å². The molecule has 0 aliphatic carbocycles. The highest BCUT2D eigenvalue weighted by Gasteiger charge is 2.20. The first-order valence-electron chi connectivity index (χ1n) is 8.30. The molecule has 0 saturated heterocycles. The van der Waals surface area contributed by atoms with E-state index in [9.17, 15) is 4.79 Å². The van der Waals surface area contributed by atoms with E-state index in [4.69, 9.17) is 23.2 Å². The summed E-state index contributed by atoms with van der Waals surface area (Å²) in [5.74, 6) is 0.630. The first kappa shape index (κ1) is 19.7. The number of halogens is 2. The standard InChI is InChI=1S/C19H18Cl2N4OS/c1-12(18(26)22-17-9-8-15(20)10-16(17)21)27-19-24-23-13(2)25(19)11-14-6-4-3-5-7-14/h3-10,12H,11H2,1-2H3,(H,22,26). The fraction of sp³-hybridized carbons (Fsp3) is 0.211. The minimum absolute atomic E-state index is 0.170. The number of carbonyl (C=O) groups excluding carboxylic acids is 1. The van der Waals surface area contributed by atoms with Crippen LogP contribution in [0.4, 0.5) is 5.69 Å². The molecule has 0 radical (unpaired) electrons. The lowest BCUT2D eigenvalue weighted by molar-refractivity contribution is -0.115. The first-order valence-corrected chi connectivity index (χ1v) is 9.94. The van der Waals surface area contributed by atoms with Crippen molar-refractivity contribution in [2.75, 3.05) is 5.32 Å². The normalized spacial score (nSPS) is 12.0. The van der Waals surface area contributed by atoms with Gasteiger partial charge in [-0.3, -0.25) is 4.79 Å². The highest BCUT2D eigenvalue weighted by molar-refractivity contribution is 8.00. The Bertz CT molecular complexity index is 946. The van der Waals surface area contributed by atoms with E-state index in [1.165, 1.54) is 11.8 Å². The van der Waals surface area contributed by atoms with Crippen LogP contribution in [0.15, 0.2) is 53.7 Å². The maximum absolute atomic E-state index is 12.5. The second kappa shape index (κ2) is 8.78. The van der Waals surface area contributed by atoms with Gasteiger partial charge < -0.3 is 9.88 Å². The van der Waals surface area contributed by atoms with Crippen molar-refractivity contribution < 1.29 is 4.79 Å². The third kappa shape index (κ3) is 5.03. The van der Waals surface area contributed by atoms with Crippen molar-refractivity contribution in [2.24, 2.45) is 0 Å². The monoisotopic (exact) mass is 420 g/mol. The molecule has 0 spiro atoms. The Hall–Kier alpha value is -2.02. The van der Waals surface area contributed by atoms with Crippen molar-refractivity contribution in [3.05, 3.63) is 70.0 Å². The number of amides is 1.